The second kappa shape index (κ2) is 8.64. The number of amides is 1. The summed E-state index contributed by atoms with van der Waals surface area (Å²) < 4.78 is 54.6. The van der Waals surface area contributed by atoms with Gasteiger partial charge in [-0.1, -0.05) is 23.5 Å². The second-order valence-corrected chi connectivity index (χ2v) is 10.4. The molecule has 1 saturated heterocycles. The number of nitrogens with zero attached hydrogens (tertiary/aromatic N) is 3. The van der Waals surface area contributed by atoms with Crippen LogP contribution in [0, 0.1) is 25.5 Å². The smallest absolute Gasteiger partial charge is 0.286 e. The van der Waals surface area contributed by atoms with Crippen molar-refractivity contribution < 1.29 is 22.0 Å². The molecule has 1 unspecified atom stereocenters. The van der Waals surface area contributed by atoms with Crippen LogP contribution in [-0.2, 0) is 10.0 Å². The molecule has 0 spiro atoms. The summed E-state index contributed by atoms with van der Waals surface area (Å²) in [6.07, 6.45) is 1.22. The molecule has 0 aliphatic carbocycles. The van der Waals surface area contributed by atoms with Crippen LogP contribution in [0.25, 0.3) is 0 Å². The number of aromatic nitrogens is 2. The average Bonchev–Trinajstić information content (AvgIpc) is 3.42. The Morgan fingerprint density at radius 1 is 1.12 bits per heavy atom. The number of anilines is 1. The van der Waals surface area contributed by atoms with Crippen LogP contribution in [0.15, 0.2) is 41.3 Å². The van der Waals surface area contributed by atoms with Crippen molar-refractivity contribution in [2.45, 2.75) is 37.6 Å². The van der Waals surface area contributed by atoms with E-state index < -0.39 is 33.6 Å². The van der Waals surface area contributed by atoms with E-state index in [2.05, 4.69) is 15.5 Å². The van der Waals surface area contributed by atoms with E-state index in [1.54, 1.807) is 19.1 Å². The molecule has 0 radical (unpaired) electrons. The highest BCUT2D eigenvalue weighted by atomic mass is 32.2. The van der Waals surface area contributed by atoms with E-state index in [1.807, 2.05) is 13.0 Å². The molecule has 3 aromatic rings. The van der Waals surface area contributed by atoms with Gasteiger partial charge in [-0.25, -0.2) is 17.2 Å². The third kappa shape index (κ3) is 4.27. The van der Waals surface area contributed by atoms with Gasteiger partial charge in [0.25, 0.3) is 5.91 Å². The van der Waals surface area contributed by atoms with Crippen molar-refractivity contribution in [3.8, 4) is 0 Å². The topological polar surface area (TPSA) is 92.3 Å². The van der Waals surface area contributed by atoms with Crippen LogP contribution in [-0.4, -0.2) is 35.4 Å². The third-order valence-electron chi connectivity index (χ3n) is 5.23. The van der Waals surface area contributed by atoms with Crippen LogP contribution in [0.3, 0.4) is 0 Å². The number of sulfonamides is 1. The number of hydrogen-bond acceptors (Lipinski definition) is 6. The van der Waals surface area contributed by atoms with E-state index in [0.717, 1.165) is 29.0 Å². The van der Waals surface area contributed by atoms with Gasteiger partial charge in [0.15, 0.2) is 11.6 Å². The zero-order chi connectivity index (χ0) is 23.0. The highest BCUT2D eigenvalue weighted by molar-refractivity contribution is 7.89. The van der Waals surface area contributed by atoms with Gasteiger partial charge in [0.2, 0.25) is 15.0 Å². The molecule has 2 heterocycles. The number of carbonyl (C=O) groups is 1. The van der Waals surface area contributed by atoms with E-state index in [1.165, 1.54) is 10.4 Å². The molecule has 32 heavy (non-hydrogen) atoms. The SMILES string of the molecule is Cc1ccc(C)c(S(=O)(=O)N2CCCC2c2nnc(C(=O)Nc3ccc(F)c(F)c3)s2)c1. The highest BCUT2D eigenvalue weighted by Gasteiger charge is 2.39. The van der Waals surface area contributed by atoms with Gasteiger partial charge in [0.1, 0.15) is 5.01 Å². The van der Waals surface area contributed by atoms with Crippen molar-refractivity contribution in [1.29, 1.82) is 0 Å². The van der Waals surface area contributed by atoms with Crippen molar-refractivity contribution in [1.82, 2.24) is 14.5 Å². The fraction of sp³-hybridized carbons (Fsp3) is 0.286. The van der Waals surface area contributed by atoms with Gasteiger partial charge in [0, 0.05) is 18.3 Å². The molecule has 168 valence electrons. The summed E-state index contributed by atoms with van der Waals surface area (Å²) in [7, 11) is -3.76. The number of carbonyl (C=O) groups excluding carboxylic acids is 1. The molecule has 1 N–H and O–H groups in total. The Balaban J connectivity index is 1.57. The molecule has 1 amide bonds. The monoisotopic (exact) mass is 478 g/mol. The van der Waals surface area contributed by atoms with Gasteiger partial charge in [-0.3, -0.25) is 4.79 Å². The van der Waals surface area contributed by atoms with Crippen LogP contribution < -0.4 is 5.32 Å². The Morgan fingerprint density at radius 3 is 2.66 bits per heavy atom. The Morgan fingerprint density at radius 2 is 1.91 bits per heavy atom. The van der Waals surface area contributed by atoms with Gasteiger partial charge in [-0.15, -0.1) is 10.2 Å². The minimum absolute atomic E-state index is 0.000664. The fourth-order valence-electron chi connectivity index (χ4n) is 3.61. The largest absolute Gasteiger partial charge is 0.320 e. The molecule has 1 atom stereocenters. The van der Waals surface area contributed by atoms with Crippen LogP contribution in [0.2, 0.25) is 0 Å². The summed E-state index contributed by atoms with van der Waals surface area (Å²) in [5, 5.41) is 10.8. The quantitative estimate of drug-likeness (QED) is 0.593. The first-order chi connectivity index (χ1) is 15.2. The number of halogens is 2. The Kier molecular flexibility index (Phi) is 6.06. The lowest BCUT2D eigenvalue weighted by Gasteiger charge is -2.23. The highest BCUT2D eigenvalue weighted by Crippen LogP contribution is 2.38. The maximum atomic E-state index is 13.4. The summed E-state index contributed by atoms with van der Waals surface area (Å²) in [5.41, 5.74) is 1.58. The van der Waals surface area contributed by atoms with E-state index in [-0.39, 0.29) is 15.6 Å². The number of rotatable bonds is 5. The van der Waals surface area contributed by atoms with E-state index in [0.29, 0.717) is 30.0 Å². The van der Waals surface area contributed by atoms with Crippen LogP contribution in [0.5, 0.6) is 0 Å². The lowest BCUT2D eigenvalue weighted by Crippen LogP contribution is -2.31. The summed E-state index contributed by atoms with van der Waals surface area (Å²) in [4.78, 5) is 12.7. The number of nitrogens with one attached hydrogen (secondary N) is 1. The molecule has 7 nitrogen and oxygen atoms in total. The zero-order valence-corrected chi connectivity index (χ0v) is 18.9. The summed E-state index contributed by atoms with van der Waals surface area (Å²) in [5.74, 6) is -2.74. The maximum absolute atomic E-state index is 13.4. The lowest BCUT2D eigenvalue weighted by atomic mass is 10.2. The molecular formula is C21H20F2N4O3S2. The van der Waals surface area contributed by atoms with Crippen LogP contribution in [0.4, 0.5) is 14.5 Å². The van der Waals surface area contributed by atoms with Crippen molar-refractivity contribution in [2.75, 3.05) is 11.9 Å². The number of aryl methyl sites for hydroxylation is 2. The first-order valence-corrected chi connectivity index (χ1v) is 12.1. The van der Waals surface area contributed by atoms with Crippen molar-refractivity contribution in [3.05, 3.63) is 69.2 Å². The molecular weight excluding hydrogens is 458 g/mol. The predicted molar refractivity (Wildman–Crippen MR) is 116 cm³/mol. The minimum Gasteiger partial charge on any atom is -0.320 e. The Hall–Kier alpha value is -2.76. The van der Waals surface area contributed by atoms with Crippen LogP contribution >= 0.6 is 11.3 Å². The van der Waals surface area contributed by atoms with E-state index in [4.69, 9.17) is 0 Å². The number of hydrogen-bond donors (Lipinski definition) is 1. The molecule has 1 aromatic heterocycles. The summed E-state index contributed by atoms with van der Waals surface area (Å²) in [6.45, 7) is 3.93. The first kappa shape index (κ1) is 22.4. The summed E-state index contributed by atoms with van der Waals surface area (Å²) in [6, 6.07) is 7.77. The molecule has 4 rings (SSSR count). The normalized spacial score (nSPS) is 16.9. The maximum Gasteiger partial charge on any atom is 0.286 e. The first-order valence-electron chi connectivity index (χ1n) is 9.85. The molecule has 1 fully saturated rings. The summed E-state index contributed by atoms with van der Waals surface area (Å²) >= 11 is 0.979. The molecule has 2 aromatic carbocycles. The standard InChI is InChI=1S/C21H20F2N4O3S2/c1-12-5-6-13(2)18(10-12)32(29,30)27-9-3-4-17(27)20-25-26-21(31-20)19(28)24-14-7-8-15(22)16(23)11-14/h5-8,10-11,17H,3-4,9H2,1-2H3,(H,24,28). The van der Waals surface area contributed by atoms with Crippen molar-refractivity contribution in [2.24, 2.45) is 0 Å². The number of benzene rings is 2. The lowest BCUT2D eigenvalue weighted by molar-refractivity contribution is 0.102. The predicted octanol–water partition coefficient (Wildman–Crippen LogP) is 4.21. The molecule has 0 saturated carbocycles. The second-order valence-electron chi connectivity index (χ2n) is 7.57. The van der Waals surface area contributed by atoms with Gasteiger partial charge in [-0.2, -0.15) is 4.31 Å². The third-order valence-corrected chi connectivity index (χ3v) is 8.30. The fourth-order valence-corrected chi connectivity index (χ4v) is 6.53. The van der Waals surface area contributed by atoms with Crippen molar-refractivity contribution in [3.63, 3.8) is 0 Å². The van der Waals surface area contributed by atoms with Crippen molar-refractivity contribution >= 4 is 33.0 Å². The molecule has 1 aliphatic heterocycles. The Bertz CT molecular complexity index is 1290. The minimum atomic E-state index is -3.76. The zero-order valence-electron chi connectivity index (χ0n) is 17.3. The molecule has 11 heteroatoms. The van der Waals surface area contributed by atoms with E-state index in [9.17, 15) is 22.0 Å². The van der Waals surface area contributed by atoms with E-state index >= 15 is 0 Å². The van der Waals surface area contributed by atoms with Gasteiger partial charge < -0.3 is 5.32 Å². The molecule has 1 aliphatic rings. The van der Waals surface area contributed by atoms with Gasteiger partial charge >= 0.3 is 0 Å². The van der Waals surface area contributed by atoms with Crippen LogP contribution in [0.1, 0.15) is 44.8 Å². The Labute approximate surface area is 188 Å². The average molecular weight is 479 g/mol. The molecule has 0 bridgehead atoms. The van der Waals surface area contributed by atoms with Gasteiger partial charge in [0.05, 0.1) is 10.9 Å². The van der Waals surface area contributed by atoms with Gasteiger partial charge in [-0.05, 0) is 56.0 Å².